The zero-order valence-electron chi connectivity index (χ0n) is 18.9. The second-order valence-electron chi connectivity index (χ2n) is 8.55. The summed E-state index contributed by atoms with van der Waals surface area (Å²) in [6.07, 6.45) is 4.97. The second kappa shape index (κ2) is 10.7. The third kappa shape index (κ3) is 5.93. The molecule has 0 saturated heterocycles. The number of rotatable bonds is 8. The highest BCUT2D eigenvalue weighted by Crippen LogP contribution is 2.25. The summed E-state index contributed by atoms with van der Waals surface area (Å²) in [5, 5.41) is 15.9. The number of ether oxygens (including phenoxy) is 1. The van der Waals surface area contributed by atoms with Crippen LogP contribution < -0.4 is 15.4 Å². The average molecular weight is 440 g/mol. The normalized spacial score (nSPS) is 13.3. The lowest BCUT2D eigenvalue weighted by molar-refractivity contribution is 0.0950. The second-order valence-corrected chi connectivity index (χ2v) is 8.55. The molecule has 0 bridgehead atoms. The highest BCUT2D eigenvalue weighted by molar-refractivity contribution is 5.94. The van der Waals surface area contributed by atoms with Crippen LogP contribution in [0.3, 0.4) is 0 Å². The maximum Gasteiger partial charge on any atom is 0.251 e. The summed E-state index contributed by atoms with van der Waals surface area (Å²) < 4.78 is 5.99. The summed E-state index contributed by atoms with van der Waals surface area (Å²) in [5.74, 6) is 0.507. The van der Waals surface area contributed by atoms with Crippen molar-refractivity contribution in [2.75, 3.05) is 5.32 Å². The number of hydrogen-bond donors (Lipinski definition) is 2. The Balaban J connectivity index is 1.41. The van der Waals surface area contributed by atoms with Gasteiger partial charge in [0.15, 0.2) is 0 Å². The van der Waals surface area contributed by atoms with Crippen LogP contribution in [-0.4, -0.2) is 11.9 Å². The third-order valence-corrected chi connectivity index (χ3v) is 6.07. The molecule has 1 aliphatic carbocycles. The molecule has 5 heteroatoms. The van der Waals surface area contributed by atoms with E-state index in [9.17, 15) is 10.1 Å². The fourth-order valence-electron chi connectivity index (χ4n) is 4.20. The Kier molecular flexibility index (Phi) is 7.26. The van der Waals surface area contributed by atoms with Gasteiger partial charge in [-0.2, -0.15) is 5.26 Å². The van der Waals surface area contributed by atoms with Gasteiger partial charge in [0.2, 0.25) is 0 Å². The standard InChI is InChI=1S/C28H29N3O2/c1-20-15-23(12-13-26(20)31-25-9-5-6-10-25)28(32)30-18-24-16-22(17-29)11-14-27(24)33-19-21-7-3-2-4-8-21/h2-4,7-8,11-16,25,31H,5-6,9-10,18-19H2,1H3,(H,30,32). The van der Waals surface area contributed by atoms with Gasteiger partial charge in [-0.15, -0.1) is 0 Å². The van der Waals surface area contributed by atoms with Crippen LogP contribution in [0, 0.1) is 18.3 Å². The molecule has 0 aliphatic heterocycles. The minimum atomic E-state index is -0.151. The third-order valence-electron chi connectivity index (χ3n) is 6.07. The number of nitrogens with zero attached hydrogens (tertiary/aromatic N) is 1. The lowest BCUT2D eigenvalue weighted by Gasteiger charge is -2.17. The first-order valence-corrected chi connectivity index (χ1v) is 11.5. The molecule has 0 spiro atoms. The molecule has 3 aromatic carbocycles. The van der Waals surface area contributed by atoms with E-state index in [1.165, 1.54) is 25.7 Å². The molecular formula is C28H29N3O2. The molecule has 0 heterocycles. The first-order valence-electron chi connectivity index (χ1n) is 11.5. The highest BCUT2D eigenvalue weighted by atomic mass is 16.5. The number of hydrogen-bond acceptors (Lipinski definition) is 4. The van der Waals surface area contributed by atoms with Crippen molar-refractivity contribution in [3.8, 4) is 11.8 Å². The Morgan fingerprint density at radius 3 is 2.58 bits per heavy atom. The van der Waals surface area contributed by atoms with Gasteiger partial charge in [-0.25, -0.2) is 0 Å². The number of nitrogens with one attached hydrogen (secondary N) is 2. The largest absolute Gasteiger partial charge is 0.489 e. The Bertz CT molecular complexity index is 1150. The molecule has 5 nitrogen and oxygen atoms in total. The summed E-state index contributed by atoms with van der Waals surface area (Å²) in [6, 6.07) is 23.6. The van der Waals surface area contributed by atoms with Crippen LogP contribution >= 0.6 is 0 Å². The van der Waals surface area contributed by atoms with E-state index in [2.05, 4.69) is 16.7 Å². The van der Waals surface area contributed by atoms with E-state index in [-0.39, 0.29) is 12.5 Å². The van der Waals surface area contributed by atoms with Crippen LogP contribution in [0.15, 0.2) is 66.7 Å². The van der Waals surface area contributed by atoms with Crippen molar-refractivity contribution in [3.63, 3.8) is 0 Å². The first kappa shape index (κ1) is 22.4. The van der Waals surface area contributed by atoms with E-state index < -0.39 is 0 Å². The molecule has 2 N–H and O–H groups in total. The summed E-state index contributed by atoms with van der Waals surface area (Å²) in [7, 11) is 0. The van der Waals surface area contributed by atoms with Crippen LogP contribution in [0.25, 0.3) is 0 Å². The predicted octanol–water partition coefficient (Wildman–Crippen LogP) is 5.73. The molecule has 0 unspecified atom stereocenters. The maximum absolute atomic E-state index is 12.8. The Hall–Kier alpha value is -3.78. The van der Waals surface area contributed by atoms with Crippen molar-refractivity contribution >= 4 is 11.6 Å². The lowest BCUT2D eigenvalue weighted by Crippen LogP contribution is -2.23. The van der Waals surface area contributed by atoms with E-state index in [0.29, 0.717) is 29.5 Å². The van der Waals surface area contributed by atoms with Crippen molar-refractivity contribution in [2.24, 2.45) is 0 Å². The number of carbonyl (C=O) groups is 1. The minimum absolute atomic E-state index is 0.151. The van der Waals surface area contributed by atoms with E-state index in [4.69, 9.17) is 4.74 Å². The van der Waals surface area contributed by atoms with Crippen molar-refractivity contribution in [1.29, 1.82) is 5.26 Å². The number of carbonyl (C=O) groups excluding carboxylic acids is 1. The van der Waals surface area contributed by atoms with E-state index in [1.807, 2.05) is 55.5 Å². The van der Waals surface area contributed by atoms with Gasteiger partial charge < -0.3 is 15.4 Å². The number of benzene rings is 3. The molecule has 168 valence electrons. The Morgan fingerprint density at radius 2 is 1.85 bits per heavy atom. The molecule has 1 amide bonds. The monoisotopic (exact) mass is 439 g/mol. The minimum Gasteiger partial charge on any atom is -0.489 e. The molecule has 3 aromatic rings. The number of aryl methyl sites for hydroxylation is 1. The van der Waals surface area contributed by atoms with Gasteiger partial charge in [0.05, 0.1) is 11.6 Å². The maximum atomic E-state index is 12.8. The van der Waals surface area contributed by atoms with Crippen molar-refractivity contribution in [1.82, 2.24) is 5.32 Å². The van der Waals surface area contributed by atoms with Gasteiger partial charge in [0.25, 0.3) is 5.91 Å². The molecule has 1 aliphatic rings. The lowest BCUT2D eigenvalue weighted by atomic mass is 10.1. The van der Waals surface area contributed by atoms with Crippen LogP contribution in [0.1, 0.15) is 58.3 Å². The molecule has 4 rings (SSSR count). The van der Waals surface area contributed by atoms with Crippen LogP contribution in [-0.2, 0) is 13.2 Å². The van der Waals surface area contributed by atoms with E-state index >= 15 is 0 Å². The molecule has 33 heavy (non-hydrogen) atoms. The van der Waals surface area contributed by atoms with Crippen LogP contribution in [0.4, 0.5) is 5.69 Å². The molecule has 0 radical (unpaired) electrons. The summed E-state index contributed by atoms with van der Waals surface area (Å²) in [5.41, 5.74) is 5.13. The SMILES string of the molecule is Cc1cc(C(=O)NCc2cc(C#N)ccc2OCc2ccccc2)ccc1NC1CCCC1. The van der Waals surface area contributed by atoms with Gasteiger partial charge in [-0.1, -0.05) is 43.2 Å². The van der Waals surface area contributed by atoms with Crippen molar-refractivity contribution in [3.05, 3.63) is 94.5 Å². The number of anilines is 1. The molecular weight excluding hydrogens is 410 g/mol. The fourth-order valence-corrected chi connectivity index (χ4v) is 4.20. The van der Waals surface area contributed by atoms with E-state index in [0.717, 1.165) is 22.4 Å². The summed E-state index contributed by atoms with van der Waals surface area (Å²) in [4.78, 5) is 12.8. The van der Waals surface area contributed by atoms with E-state index in [1.54, 1.807) is 18.2 Å². The van der Waals surface area contributed by atoms with Crippen LogP contribution in [0.2, 0.25) is 0 Å². The van der Waals surface area contributed by atoms with Gasteiger partial charge >= 0.3 is 0 Å². The summed E-state index contributed by atoms with van der Waals surface area (Å²) in [6.45, 7) is 2.72. The predicted molar refractivity (Wildman–Crippen MR) is 130 cm³/mol. The van der Waals surface area contributed by atoms with Gasteiger partial charge in [-0.3, -0.25) is 4.79 Å². The number of amides is 1. The van der Waals surface area contributed by atoms with Crippen molar-refractivity contribution < 1.29 is 9.53 Å². The molecule has 0 aromatic heterocycles. The molecule has 0 atom stereocenters. The molecule has 1 saturated carbocycles. The van der Waals surface area contributed by atoms with Crippen molar-refractivity contribution in [2.45, 2.75) is 51.8 Å². The summed E-state index contributed by atoms with van der Waals surface area (Å²) >= 11 is 0. The van der Waals surface area contributed by atoms with Gasteiger partial charge in [0, 0.05) is 29.4 Å². The fraction of sp³-hybridized carbons (Fsp3) is 0.286. The Labute approximate surface area is 195 Å². The highest BCUT2D eigenvalue weighted by Gasteiger charge is 2.16. The molecule has 1 fully saturated rings. The average Bonchev–Trinajstić information content (AvgIpc) is 3.36. The zero-order valence-corrected chi connectivity index (χ0v) is 18.9. The van der Waals surface area contributed by atoms with Gasteiger partial charge in [0.1, 0.15) is 12.4 Å². The topological polar surface area (TPSA) is 74.2 Å². The zero-order chi connectivity index (χ0) is 23.0. The number of nitriles is 1. The smallest absolute Gasteiger partial charge is 0.251 e. The van der Waals surface area contributed by atoms with Gasteiger partial charge in [-0.05, 0) is 67.3 Å². The first-order chi connectivity index (χ1) is 16.1. The Morgan fingerprint density at radius 1 is 1.06 bits per heavy atom. The quantitative estimate of drug-likeness (QED) is 0.470. The van der Waals surface area contributed by atoms with Crippen LogP contribution in [0.5, 0.6) is 5.75 Å².